The number of hydrogen-bond donors (Lipinski definition) is 0. The van der Waals surface area contributed by atoms with Crippen molar-refractivity contribution >= 4 is 27.8 Å². The quantitative estimate of drug-likeness (QED) is 0.479. The molecule has 188 valence electrons. The molecule has 4 bridgehead atoms. The molecule has 0 spiro atoms. The largest absolute Gasteiger partial charge is 0.497 e. The molecular formula is C27H40O5P2. The maximum atomic E-state index is 6.50. The van der Waals surface area contributed by atoms with Gasteiger partial charge in [-0.1, -0.05) is 25.6 Å². The van der Waals surface area contributed by atoms with Crippen LogP contribution in [0.1, 0.15) is 59.1 Å². The van der Waals surface area contributed by atoms with Crippen LogP contribution in [-0.2, 0) is 14.2 Å². The molecule has 4 fully saturated rings. The molecule has 4 aliphatic rings. The van der Waals surface area contributed by atoms with E-state index in [1.165, 1.54) is 16.4 Å². The maximum absolute atomic E-state index is 6.50. The molecule has 5 nitrogen and oxygen atoms in total. The predicted octanol–water partition coefficient (Wildman–Crippen LogP) is 5.99. The van der Waals surface area contributed by atoms with Crippen LogP contribution < -0.4 is 20.1 Å². The third-order valence-corrected chi connectivity index (χ3v) is 10.4. The molecule has 5 unspecified atom stereocenters. The van der Waals surface area contributed by atoms with Crippen LogP contribution in [0.25, 0.3) is 0 Å². The normalized spacial score (nSPS) is 35.1. The second-order valence-corrected chi connectivity index (χ2v) is 13.7. The van der Waals surface area contributed by atoms with Crippen molar-refractivity contribution in [1.82, 2.24) is 0 Å². The zero-order chi connectivity index (χ0) is 24.2. The summed E-state index contributed by atoms with van der Waals surface area (Å²) >= 11 is 0. The summed E-state index contributed by atoms with van der Waals surface area (Å²) in [5.74, 6) is 0.734. The standard InChI is InChI=1S/C18H25O4P.C8H11OP.CH4/c1-12-9-13(19-6)7-8-14(12)23-17(4)10-15(2)20-16(3,22-17)11-18(23,5)21-15;1-6-3-4-8(10)7(5-6)9-2;/h7-9H,10-11H2,1-6H3;3-5H,10H2,1-2H3;1H4. The second kappa shape index (κ2) is 9.34. The van der Waals surface area contributed by atoms with E-state index >= 15 is 0 Å². The van der Waals surface area contributed by atoms with E-state index in [-0.39, 0.29) is 18.1 Å². The molecule has 0 amide bonds. The molecule has 4 aliphatic heterocycles. The van der Waals surface area contributed by atoms with Crippen LogP contribution in [-0.4, -0.2) is 36.5 Å². The van der Waals surface area contributed by atoms with E-state index in [0.717, 1.165) is 29.6 Å². The second-order valence-electron chi connectivity index (χ2n) is 10.0. The van der Waals surface area contributed by atoms with Crippen molar-refractivity contribution < 1.29 is 23.7 Å². The van der Waals surface area contributed by atoms with Crippen molar-refractivity contribution in [2.75, 3.05) is 14.2 Å². The minimum Gasteiger partial charge on any atom is -0.497 e. The van der Waals surface area contributed by atoms with Gasteiger partial charge in [-0.15, -0.1) is 9.24 Å². The summed E-state index contributed by atoms with van der Waals surface area (Å²) in [5, 5.41) is 1.98. The van der Waals surface area contributed by atoms with Crippen LogP contribution in [0.2, 0.25) is 0 Å². The fourth-order valence-corrected chi connectivity index (χ4v) is 10.3. The van der Waals surface area contributed by atoms with Gasteiger partial charge >= 0.3 is 0 Å². The van der Waals surface area contributed by atoms with E-state index < -0.39 is 19.5 Å². The van der Waals surface area contributed by atoms with Gasteiger partial charge in [-0.2, -0.15) is 0 Å². The van der Waals surface area contributed by atoms with Gasteiger partial charge in [0.15, 0.2) is 11.6 Å². The number of benzene rings is 2. The first-order valence-electron chi connectivity index (χ1n) is 11.3. The number of hydrogen-bond acceptors (Lipinski definition) is 5. The van der Waals surface area contributed by atoms with Crippen LogP contribution in [0, 0.1) is 13.8 Å². The monoisotopic (exact) mass is 506 g/mol. The van der Waals surface area contributed by atoms with Gasteiger partial charge in [-0.05, 0) is 84.1 Å². The molecule has 0 aromatic heterocycles. The van der Waals surface area contributed by atoms with Gasteiger partial charge in [-0.3, -0.25) is 0 Å². The fraction of sp³-hybridized carbons (Fsp3) is 0.556. The van der Waals surface area contributed by atoms with Crippen molar-refractivity contribution in [1.29, 1.82) is 0 Å². The van der Waals surface area contributed by atoms with Crippen molar-refractivity contribution in [2.45, 2.75) is 84.1 Å². The number of ether oxygens (including phenoxy) is 5. The number of methoxy groups -OCH3 is 2. The van der Waals surface area contributed by atoms with E-state index in [1.807, 2.05) is 25.1 Å². The summed E-state index contributed by atoms with van der Waals surface area (Å²) < 4.78 is 29.6. The lowest BCUT2D eigenvalue weighted by Gasteiger charge is -2.69. The molecular weight excluding hydrogens is 466 g/mol. The summed E-state index contributed by atoms with van der Waals surface area (Å²) in [5.41, 5.74) is 2.47. The van der Waals surface area contributed by atoms with Crippen LogP contribution in [0.4, 0.5) is 0 Å². The zero-order valence-electron chi connectivity index (χ0n) is 20.9. The molecule has 2 aromatic rings. The van der Waals surface area contributed by atoms with Crippen LogP contribution in [0.3, 0.4) is 0 Å². The summed E-state index contributed by atoms with van der Waals surface area (Å²) in [6, 6.07) is 12.4. The Morgan fingerprint density at radius 3 is 1.88 bits per heavy atom. The predicted molar refractivity (Wildman–Crippen MR) is 144 cm³/mol. The highest BCUT2D eigenvalue weighted by molar-refractivity contribution is 7.68. The Hall–Kier alpha value is -1.22. The van der Waals surface area contributed by atoms with Crippen LogP contribution >= 0.6 is 17.2 Å². The van der Waals surface area contributed by atoms with Crippen molar-refractivity contribution in [2.24, 2.45) is 0 Å². The van der Waals surface area contributed by atoms with Gasteiger partial charge < -0.3 is 23.7 Å². The summed E-state index contributed by atoms with van der Waals surface area (Å²) in [7, 11) is 5.37. The molecule has 34 heavy (non-hydrogen) atoms. The van der Waals surface area contributed by atoms with E-state index in [9.17, 15) is 0 Å². The first-order valence-corrected chi connectivity index (χ1v) is 13.2. The van der Waals surface area contributed by atoms with Gasteiger partial charge in [0, 0.05) is 18.1 Å². The Kier molecular flexibility index (Phi) is 7.52. The minimum absolute atomic E-state index is 0. The Morgan fingerprint density at radius 1 is 0.824 bits per heavy atom. The molecule has 0 radical (unpaired) electrons. The Bertz CT molecular complexity index is 1010. The van der Waals surface area contributed by atoms with Crippen LogP contribution in [0.15, 0.2) is 36.4 Å². The van der Waals surface area contributed by atoms with Gasteiger partial charge in [0.25, 0.3) is 0 Å². The highest BCUT2D eigenvalue weighted by atomic mass is 31.1. The number of aryl methyl sites for hydroxylation is 2. The molecule has 7 heteroatoms. The molecule has 5 atom stereocenters. The van der Waals surface area contributed by atoms with Crippen molar-refractivity contribution in [3.05, 3.63) is 47.5 Å². The Morgan fingerprint density at radius 2 is 1.41 bits per heavy atom. The van der Waals surface area contributed by atoms with E-state index in [4.69, 9.17) is 23.7 Å². The Balaban J connectivity index is 0.000000250. The molecule has 0 aliphatic carbocycles. The molecule has 0 N–H and O–H groups in total. The lowest BCUT2D eigenvalue weighted by molar-refractivity contribution is -0.467. The topological polar surface area (TPSA) is 46.2 Å². The van der Waals surface area contributed by atoms with Crippen molar-refractivity contribution in [3.8, 4) is 11.5 Å². The van der Waals surface area contributed by atoms with Gasteiger partial charge in [0.2, 0.25) is 0 Å². The first kappa shape index (κ1) is 27.4. The minimum atomic E-state index is -0.647. The van der Waals surface area contributed by atoms with Gasteiger partial charge in [0.05, 0.1) is 24.9 Å². The summed E-state index contributed by atoms with van der Waals surface area (Å²) in [4.78, 5) is 0. The first-order chi connectivity index (χ1) is 15.3. The number of rotatable bonds is 3. The fourth-order valence-electron chi connectivity index (χ4n) is 5.92. The molecule has 2 aromatic carbocycles. The third kappa shape index (κ3) is 4.88. The average Bonchev–Trinajstić information content (AvgIpc) is 2.67. The van der Waals surface area contributed by atoms with E-state index in [1.54, 1.807) is 14.2 Å². The lowest BCUT2D eigenvalue weighted by atomic mass is 9.98. The van der Waals surface area contributed by atoms with E-state index in [0.29, 0.717) is 0 Å². The zero-order valence-corrected chi connectivity index (χ0v) is 23.0. The molecule has 4 saturated heterocycles. The average molecular weight is 507 g/mol. The molecule has 4 heterocycles. The highest BCUT2D eigenvalue weighted by Gasteiger charge is 2.71. The van der Waals surface area contributed by atoms with E-state index in [2.05, 4.69) is 62.1 Å². The van der Waals surface area contributed by atoms with Crippen molar-refractivity contribution in [3.63, 3.8) is 0 Å². The third-order valence-electron chi connectivity index (χ3n) is 6.58. The summed E-state index contributed by atoms with van der Waals surface area (Å²) in [6.45, 7) is 12.8. The maximum Gasteiger partial charge on any atom is 0.173 e. The van der Waals surface area contributed by atoms with Gasteiger partial charge in [0.1, 0.15) is 11.5 Å². The van der Waals surface area contributed by atoms with Crippen LogP contribution in [0.5, 0.6) is 11.5 Å². The molecule has 0 saturated carbocycles. The SMILES string of the molecule is C.COc1cc(C)ccc1P.COc1ccc(P2C3(C)CC4(C)OC(C)(CC2(C)O4)O3)c(C)c1. The smallest absolute Gasteiger partial charge is 0.173 e. The lowest BCUT2D eigenvalue weighted by Crippen LogP contribution is -2.72. The Labute approximate surface area is 208 Å². The highest BCUT2D eigenvalue weighted by Crippen LogP contribution is 2.75. The molecule has 6 rings (SSSR count). The van der Waals surface area contributed by atoms with Gasteiger partial charge in [-0.25, -0.2) is 0 Å². The summed E-state index contributed by atoms with van der Waals surface area (Å²) in [6.07, 6.45) is 1.53.